The molecule has 0 aliphatic carbocycles. The normalized spacial score (nSPS) is 12.4. The van der Waals surface area contributed by atoms with Gasteiger partial charge in [-0.15, -0.1) is 0 Å². The molecule has 1 aliphatic rings. The van der Waals surface area contributed by atoms with Gasteiger partial charge in [0.25, 0.3) is 5.91 Å². The molecule has 1 aromatic heterocycles. The minimum Gasteiger partial charge on any atom is -0.334 e. The van der Waals surface area contributed by atoms with E-state index in [1.54, 1.807) is 29.4 Å². The van der Waals surface area contributed by atoms with E-state index in [1.165, 1.54) is 0 Å². The van der Waals surface area contributed by atoms with E-state index in [0.717, 1.165) is 23.2 Å². The van der Waals surface area contributed by atoms with Gasteiger partial charge in [-0.2, -0.15) is 0 Å². The molecular weight excluding hydrogens is 352 g/mol. The average molecular weight is 372 g/mol. The van der Waals surface area contributed by atoms with E-state index in [1.807, 2.05) is 48.5 Å². The first kappa shape index (κ1) is 17.7. The average Bonchev–Trinajstić information content (AvgIpc) is 3.16. The van der Waals surface area contributed by atoms with Gasteiger partial charge in [0.2, 0.25) is 0 Å². The lowest BCUT2D eigenvalue weighted by Gasteiger charge is -2.17. The number of anilines is 2. The highest BCUT2D eigenvalue weighted by Crippen LogP contribution is 2.31. The number of pyridine rings is 1. The van der Waals surface area contributed by atoms with Crippen LogP contribution in [0.25, 0.3) is 0 Å². The van der Waals surface area contributed by atoms with Crippen LogP contribution in [-0.4, -0.2) is 23.5 Å². The number of hydrogen-bond acceptors (Lipinski definition) is 3. The first-order chi connectivity index (χ1) is 13.7. The van der Waals surface area contributed by atoms with Crippen molar-refractivity contribution in [3.8, 4) is 0 Å². The molecule has 0 fully saturated rings. The minimum atomic E-state index is -0.259. The van der Waals surface area contributed by atoms with Crippen LogP contribution in [0, 0.1) is 0 Å². The van der Waals surface area contributed by atoms with E-state index in [2.05, 4.69) is 15.6 Å². The molecular formula is C22H20N4O2. The van der Waals surface area contributed by atoms with Gasteiger partial charge in [0, 0.05) is 36.9 Å². The molecule has 6 nitrogen and oxygen atoms in total. The van der Waals surface area contributed by atoms with Crippen LogP contribution in [-0.2, 0) is 13.0 Å². The van der Waals surface area contributed by atoms with Gasteiger partial charge >= 0.3 is 6.03 Å². The maximum absolute atomic E-state index is 12.7. The lowest BCUT2D eigenvalue weighted by atomic mass is 10.1. The van der Waals surface area contributed by atoms with Crippen molar-refractivity contribution in [2.75, 3.05) is 16.8 Å². The summed E-state index contributed by atoms with van der Waals surface area (Å²) in [5, 5.41) is 5.70. The molecule has 0 radical (unpaired) electrons. The van der Waals surface area contributed by atoms with Crippen molar-refractivity contribution < 1.29 is 9.59 Å². The van der Waals surface area contributed by atoms with Crippen molar-refractivity contribution in [1.29, 1.82) is 0 Å². The largest absolute Gasteiger partial charge is 0.334 e. The van der Waals surface area contributed by atoms with Crippen LogP contribution in [0.3, 0.4) is 0 Å². The second kappa shape index (κ2) is 7.92. The van der Waals surface area contributed by atoms with Crippen molar-refractivity contribution in [3.05, 3.63) is 89.7 Å². The molecule has 140 valence electrons. The lowest BCUT2D eigenvalue weighted by Crippen LogP contribution is -2.29. The Morgan fingerprint density at radius 2 is 1.89 bits per heavy atom. The summed E-state index contributed by atoms with van der Waals surface area (Å²) >= 11 is 0. The molecule has 28 heavy (non-hydrogen) atoms. The number of carbonyl (C=O) groups is 2. The van der Waals surface area contributed by atoms with Crippen molar-refractivity contribution in [2.24, 2.45) is 0 Å². The number of fused-ring (bicyclic) bond motifs is 1. The van der Waals surface area contributed by atoms with Gasteiger partial charge in [0.05, 0.1) is 5.56 Å². The fourth-order valence-corrected chi connectivity index (χ4v) is 3.29. The molecule has 0 atom stereocenters. The van der Waals surface area contributed by atoms with Gasteiger partial charge in [-0.05, 0) is 47.9 Å². The Balaban J connectivity index is 1.41. The van der Waals surface area contributed by atoms with Crippen molar-refractivity contribution in [3.63, 3.8) is 0 Å². The summed E-state index contributed by atoms with van der Waals surface area (Å²) in [6.45, 7) is 1.08. The third-order valence-electron chi connectivity index (χ3n) is 4.68. The number of carbonyl (C=O) groups excluding carboxylic acids is 2. The number of benzene rings is 2. The summed E-state index contributed by atoms with van der Waals surface area (Å²) < 4.78 is 0. The molecule has 0 spiro atoms. The van der Waals surface area contributed by atoms with Crippen LogP contribution in [0.15, 0.2) is 73.1 Å². The number of nitrogens with zero attached hydrogens (tertiary/aromatic N) is 2. The second-order valence-electron chi connectivity index (χ2n) is 6.59. The Morgan fingerprint density at radius 3 is 2.68 bits per heavy atom. The Kier molecular flexibility index (Phi) is 5.01. The van der Waals surface area contributed by atoms with Gasteiger partial charge < -0.3 is 15.5 Å². The first-order valence-electron chi connectivity index (χ1n) is 9.14. The van der Waals surface area contributed by atoms with Gasteiger partial charge in [-0.3, -0.25) is 9.78 Å². The van der Waals surface area contributed by atoms with E-state index in [9.17, 15) is 9.59 Å². The third kappa shape index (κ3) is 3.86. The molecule has 0 unspecified atom stereocenters. The maximum atomic E-state index is 12.7. The summed E-state index contributed by atoms with van der Waals surface area (Å²) in [6.07, 6.45) is 3.98. The summed E-state index contributed by atoms with van der Waals surface area (Å²) in [7, 11) is 0. The highest BCUT2D eigenvalue weighted by Gasteiger charge is 2.26. The van der Waals surface area contributed by atoms with Crippen molar-refractivity contribution in [2.45, 2.75) is 13.0 Å². The van der Waals surface area contributed by atoms with Crippen LogP contribution in [0.4, 0.5) is 16.2 Å². The molecule has 2 aromatic carbocycles. The monoisotopic (exact) mass is 372 g/mol. The highest BCUT2D eigenvalue weighted by molar-refractivity contribution is 6.07. The third-order valence-corrected chi connectivity index (χ3v) is 4.68. The number of urea groups is 1. The Morgan fingerprint density at radius 1 is 1.04 bits per heavy atom. The van der Waals surface area contributed by atoms with Crippen LogP contribution in [0.5, 0.6) is 0 Å². The van der Waals surface area contributed by atoms with E-state index in [4.69, 9.17) is 0 Å². The number of amides is 3. The molecule has 3 aromatic rings. The van der Waals surface area contributed by atoms with Gasteiger partial charge in [0.1, 0.15) is 0 Å². The Hall–Kier alpha value is -3.67. The van der Waals surface area contributed by atoms with Crippen molar-refractivity contribution >= 4 is 23.3 Å². The first-order valence-corrected chi connectivity index (χ1v) is 9.14. The van der Waals surface area contributed by atoms with Crippen LogP contribution in [0.2, 0.25) is 0 Å². The fraction of sp³-hybridized carbons (Fsp3) is 0.136. The van der Waals surface area contributed by atoms with Crippen LogP contribution >= 0.6 is 0 Å². The van der Waals surface area contributed by atoms with Gasteiger partial charge in [0.15, 0.2) is 0 Å². The number of nitrogens with one attached hydrogen (secondary N) is 2. The summed E-state index contributed by atoms with van der Waals surface area (Å²) in [6, 6.07) is 18.6. The number of hydrogen-bond donors (Lipinski definition) is 2. The number of rotatable bonds is 4. The van der Waals surface area contributed by atoms with Gasteiger partial charge in [-0.25, -0.2) is 4.79 Å². The second-order valence-corrected chi connectivity index (χ2v) is 6.59. The Bertz CT molecular complexity index is 990. The molecule has 0 saturated carbocycles. The fourth-order valence-electron chi connectivity index (χ4n) is 3.29. The smallest absolute Gasteiger partial charge is 0.319 e. The van der Waals surface area contributed by atoms with Crippen molar-refractivity contribution in [1.82, 2.24) is 10.3 Å². The molecule has 4 rings (SSSR count). The van der Waals surface area contributed by atoms with E-state index < -0.39 is 0 Å². The minimum absolute atomic E-state index is 0.0619. The van der Waals surface area contributed by atoms with Crippen LogP contribution in [0.1, 0.15) is 21.5 Å². The molecule has 2 heterocycles. The van der Waals surface area contributed by atoms with Crippen LogP contribution < -0.4 is 15.5 Å². The molecule has 3 amide bonds. The lowest BCUT2D eigenvalue weighted by molar-refractivity contribution is 0.0989. The predicted molar refractivity (Wildman–Crippen MR) is 108 cm³/mol. The number of aromatic nitrogens is 1. The summed E-state index contributed by atoms with van der Waals surface area (Å²) in [4.78, 5) is 30.6. The standard InChI is InChI=1S/C22H20N4O2/c27-21(18-7-4-11-23-15-18)26-12-10-17-13-19(8-9-20(17)26)25-22(28)24-14-16-5-2-1-3-6-16/h1-9,11,13,15H,10,12,14H2,(H2,24,25,28). The molecule has 0 saturated heterocycles. The summed E-state index contributed by atoms with van der Waals surface area (Å²) in [5.41, 5.74) is 4.23. The molecule has 2 N–H and O–H groups in total. The maximum Gasteiger partial charge on any atom is 0.319 e. The van der Waals surface area contributed by atoms with E-state index >= 15 is 0 Å². The zero-order chi connectivity index (χ0) is 19.3. The van der Waals surface area contributed by atoms with E-state index in [0.29, 0.717) is 24.3 Å². The SMILES string of the molecule is O=C(NCc1ccccc1)Nc1ccc2c(c1)CCN2C(=O)c1cccnc1. The topological polar surface area (TPSA) is 74.3 Å². The molecule has 0 bridgehead atoms. The predicted octanol–water partition coefficient (Wildman–Crippen LogP) is 3.61. The van der Waals surface area contributed by atoms with Gasteiger partial charge in [-0.1, -0.05) is 30.3 Å². The van der Waals surface area contributed by atoms with E-state index in [-0.39, 0.29) is 11.9 Å². The quantitative estimate of drug-likeness (QED) is 0.735. The zero-order valence-corrected chi connectivity index (χ0v) is 15.3. The molecule has 6 heteroatoms. The Labute approximate surface area is 163 Å². The highest BCUT2D eigenvalue weighted by atomic mass is 16.2. The summed E-state index contributed by atoms with van der Waals surface area (Å²) in [5.74, 6) is -0.0619. The molecule has 1 aliphatic heterocycles. The zero-order valence-electron chi connectivity index (χ0n) is 15.3.